The van der Waals surface area contributed by atoms with Crippen molar-refractivity contribution in [2.24, 2.45) is 0 Å². The minimum atomic E-state index is -4.45. The molecular weight excluding hydrogens is 570 g/mol. The van der Waals surface area contributed by atoms with Crippen LogP contribution in [0.4, 0.5) is 26.3 Å². The van der Waals surface area contributed by atoms with Gasteiger partial charge in [-0.1, -0.05) is 78.9 Å². The Morgan fingerprint density at radius 2 is 1.14 bits per heavy atom. The zero-order chi connectivity index (χ0) is 30.9. The van der Waals surface area contributed by atoms with Gasteiger partial charge in [-0.2, -0.15) is 26.3 Å². The van der Waals surface area contributed by atoms with Crippen LogP contribution >= 0.6 is 0 Å². The number of alkyl halides is 6. The highest BCUT2D eigenvalue weighted by Gasteiger charge is 2.31. The highest BCUT2D eigenvalue weighted by Crippen LogP contribution is 2.32. The first-order valence-electron chi connectivity index (χ1n) is 13.0. The Labute approximate surface area is 244 Å². The summed E-state index contributed by atoms with van der Waals surface area (Å²) < 4.78 is 80.6. The number of aliphatic hydroxyl groups is 1. The van der Waals surface area contributed by atoms with Crippen LogP contribution in [0, 0.1) is 0 Å². The molecule has 1 N–H and O–H groups in total. The summed E-state index contributed by atoms with van der Waals surface area (Å²) in [5.74, 6) is 0. The number of aliphatic hydroxyl groups excluding tert-OH is 1. The zero-order valence-electron chi connectivity index (χ0n) is 22.6. The molecule has 1 aromatic heterocycles. The summed E-state index contributed by atoms with van der Waals surface area (Å²) in [5, 5.41) is 10.6. The standard InChI is InChI=1S/C17H14N2O.C16H12F6O/c20-17(14-10-18-12-19-11-14)16-9-5-4-8-15(16)13-6-2-1-3-7-13;17-15(18,19)13-5-1-3-11(7-13)9-23-10-12-4-2-6-14(8-12)16(20,21)22/h1-12,17,20H;1-8H,9-10H2. The summed E-state index contributed by atoms with van der Waals surface area (Å²) in [6.07, 6.45) is -4.89. The second kappa shape index (κ2) is 14.1. The zero-order valence-corrected chi connectivity index (χ0v) is 22.6. The molecule has 222 valence electrons. The normalized spacial score (nSPS) is 12.3. The highest BCUT2D eigenvalue weighted by molar-refractivity contribution is 5.68. The van der Waals surface area contributed by atoms with E-state index in [-0.39, 0.29) is 13.2 Å². The lowest BCUT2D eigenvalue weighted by molar-refractivity contribution is -0.138. The van der Waals surface area contributed by atoms with E-state index in [9.17, 15) is 31.4 Å². The first-order chi connectivity index (χ1) is 20.5. The van der Waals surface area contributed by atoms with Crippen molar-refractivity contribution < 1.29 is 36.2 Å². The molecule has 0 amide bonds. The van der Waals surface area contributed by atoms with Crippen LogP contribution in [0.1, 0.15) is 39.5 Å². The van der Waals surface area contributed by atoms with E-state index < -0.39 is 29.6 Å². The number of nitrogens with zero attached hydrogens (tertiary/aromatic N) is 2. The molecule has 0 radical (unpaired) electrons. The Balaban J connectivity index is 0.000000198. The lowest BCUT2D eigenvalue weighted by Crippen LogP contribution is -2.06. The van der Waals surface area contributed by atoms with Gasteiger partial charge in [0, 0.05) is 18.0 Å². The van der Waals surface area contributed by atoms with Crippen molar-refractivity contribution in [2.75, 3.05) is 0 Å². The van der Waals surface area contributed by atoms with Crippen molar-refractivity contribution in [1.29, 1.82) is 0 Å². The molecule has 0 spiro atoms. The van der Waals surface area contributed by atoms with Crippen LogP contribution < -0.4 is 0 Å². The van der Waals surface area contributed by atoms with Gasteiger partial charge < -0.3 is 9.84 Å². The fraction of sp³-hybridized carbons (Fsp3) is 0.152. The quantitative estimate of drug-likeness (QED) is 0.191. The van der Waals surface area contributed by atoms with Crippen molar-refractivity contribution in [3.8, 4) is 11.1 Å². The van der Waals surface area contributed by atoms with E-state index in [0.29, 0.717) is 16.7 Å². The average Bonchev–Trinajstić information content (AvgIpc) is 3.01. The largest absolute Gasteiger partial charge is 0.416 e. The topological polar surface area (TPSA) is 55.2 Å². The van der Waals surface area contributed by atoms with Gasteiger partial charge in [-0.3, -0.25) is 0 Å². The maximum Gasteiger partial charge on any atom is 0.416 e. The summed E-state index contributed by atoms with van der Waals surface area (Å²) >= 11 is 0. The molecule has 1 unspecified atom stereocenters. The van der Waals surface area contributed by atoms with Crippen molar-refractivity contribution in [3.63, 3.8) is 0 Å². The second-order valence-electron chi connectivity index (χ2n) is 9.42. The predicted molar refractivity (Wildman–Crippen MR) is 149 cm³/mol. The van der Waals surface area contributed by atoms with Gasteiger partial charge in [0.15, 0.2) is 0 Å². The van der Waals surface area contributed by atoms with Gasteiger partial charge in [0.05, 0.1) is 24.3 Å². The molecular formula is C33H26F6N2O2. The van der Waals surface area contributed by atoms with Crippen LogP contribution in [0.5, 0.6) is 0 Å². The number of hydrogen-bond acceptors (Lipinski definition) is 4. The summed E-state index contributed by atoms with van der Waals surface area (Å²) in [6.45, 7) is -0.250. The molecule has 43 heavy (non-hydrogen) atoms. The summed E-state index contributed by atoms with van der Waals surface area (Å²) in [5.41, 5.74) is 2.65. The van der Waals surface area contributed by atoms with Gasteiger partial charge in [0.1, 0.15) is 12.4 Å². The molecule has 5 aromatic rings. The SMILES string of the molecule is FC(F)(F)c1cccc(COCc2cccc(C(F)(F)F)c2)c1.OC(c1cncnc1)c1ccccc1-c1ccccc1. The molecule has 0 aliphatic carbocycles. The van der Waals surface area contributed by atoms with Crippen molar-refractivity contribution in [1.82, 2.24) is 9.97 Å². The van der Waals surface area contributed by atoms with E-state index in [0.717, 1.165) is 41.0 Å². The summed E-state index contributed by atoms with van der Waals surface area (Å²) in [6, 6.07) is 27.1. The molecule has 0 aliphatic heterocycles. The number of ether oxygens (including phenoxy) is 1. The Hall–Kier alpha value is -4.54. The van der Waals surface area contributed by atoms with E-state index in [1.165, 1.54) is 30.6 Å². The molecule has 4 aromatic carbocycles. The fourth-order valence-electron chi connectivity index (χ4n) is 4.21. The maximum absolute atomic E-state index is 12.6. The number of benzene rings is 4. The third-order valence-corrected chi connectivity index (χ3v) is 6.28. The van der Waals surface area contributed by atoms with Crippen LogP contribution in [0.25, 0.3) is 11.1 Å². The Morgan fingerprint density at radius 1 is 0.628 bits per heavy atom. The van der Waals surface area contributed by atoms with Crippen LogP contribution in [0.15, 0.2) is 122 Å². The molecule has 4 nitrogen and oxygen atoms in total. The van der Waals surface area contributed by atoms with Crippen molar-refractivity contribution in [3.05, 3.63) is 155 Å². The van der Waals surface area contributed by atoms with E-state index in [4.69, 9.17) is 4.74 Å². The fourth-order valence-corrected chi connectivity index (χ4v) is 4.21. The van der Waals surface area contributed by atoms with Crippen LogP contribution in [0.2, 0.25) is 0 Å². The third-order valence-electron chi connectivity index (χ3n) is 6.28. The summed E-state index contributed by atoms with van der Waals surface area (Å²) in [4.78, 5) is 7.93. The van der Waals surface area contributed by atoms with Crippen molar-refractivity contribution in [2.45, 2.75) is 31.7 Å². The van der Waals surface area contributed by atoms with E-state index in [2.05, 4.69) is 9.97 Å². The Morgan fingerprint density at radius 3 is 1.67 bits per heavy atom. The number of rotatable bonds is 7. The predicted octanol–water partition coefficient (Wildman–Crippen LogP) is 8.67. The molecule has 0 saturated heterocycles. The second-order valence-corrected chi connectivity index (χ2v) is 9.42. The molecule has 10 heteroatoms. The van der Waals surface area contributed by atoms with Crippen LogP contribution in [0.3, 0.4) is 0 Å². The molecule has 0 saturated carbocycles. The Bertz CT molecular complexity index is 1540. The smallest absolute Gasteiger partial charge is 0.384 e. The molecule has 0 aliphatic rings. The van der Waals surface area contributed by atoms with Gasteiger partial charge >= 0.3 is 12.4 Å². The number of hydrogen-bond donors (Lipinski definition) is 1. The first-order valence-corrected chi connectivity index (χ1v) is 13.0. The van der Waals surface area contributed by atoms with E-state index in [1.54, 1.807) is 12.4 Å². The molecule has 0 bridgehead atoms. The minimum absolute atomic E-state index is 0.125. The lowest BCUT2D eigenvalue weighted by atomic mass is 9.94. The Kier molecular flexibility index (Phi) is 10.3. The number of halogens is 6. The van der Waals surface area contributed by atoms with Gasteiger partial charge in [-0.15, -0.1) is 0 Å². The average molecular weight is 597 g/mol. The van der Waals surface area contributed by atoms with Crippen LogP contribution in [-0.4, -0.2) is 15.1 Å². The summed E-state index contributed by atoms with van der Waals surface area (Å²) in [7, 11) is 0. The van der Waals surface area contributed by atoms with Crippen molar-refractivity contribution >= 4 is 0 Å². The monoisotopic (exact) mass is 596 g/mol. The lowest BCUT2D eigenvalue weighted by Gasteiger charge is -2.15. The van der Waals surface area contributed by atoms with Gasteiger partial charge in [-0.25, -0.2) is 9.97 Å². The van der Waals surface area contributed by atoms with Gasteiger partial charge in [0.2, 0.25) is 0 Å². The van der Waals surface area contributed by atoms with E-state index in [1.807, 2.05) is 54.6 Å². The van der Waals surface area contributed by atoms with Crippen LogP contribution in [-0.2, 0) is 30.3 Å². The minimum Gasteiger partial charge on any atom is -0.384 e. The van der Waals surface area contributed by atoms with E-state index >= 15 is 0 Å². The number of aromatic nitrogens is 2. The van der Waals surface area contributed by atoms with Gasteiger partial charge in [-0.05, 0) is 52.1 Å². The molecule has 1 atom stereocenters. The maximum atomic E-state index is 12.6. The first kappa shape index (κ1) is 31.4. The molecule has 1 heterocycles. The third kappa shape index (κ3) is 8.97. The molecule has 0 fully saturated rings. The van der Waals surface area contributed by atoms with Gasteiger partial charge in [0.25, 0.3) is 0 Å². The highest BCUT2D eigenvalue weighted by atomic mass is 19.4. The molecule has 5 rings (SSSR count).